The van der Waals surface area contributed by atoms with Gasteiger partial charge in [-0.15, -0.1) is 0 Å². The van der Waals surface area contributed by atoms with Crippen LogP contribution in [0.15, 0.2) is 45.7 Å². The number of carbonyl (C=O) groups is 1. The average molecular weight is 480 g/mol. The number of anilines is 1. The molecule has 4 N–H and O–H groups in total. The van der Waals surface area contributed by atoms with Gasteiger partial charge < -0.3 is 20.5 Å². The van der Waals surface area contributed by atoms with Gasteiger partial charge in [-0.2, -0.15) is 0 Å². The van der Waals surface area contributed by atoms with E-state index < -0.39 is 15.7 Å². The number of amides is 1. The Morgan fingerprint density at radius 1 is 1.28 bits per heavy atom. The van der Waals surface area contributed by atoms with Crippen molar-refractivity contribution >= 4 is 43.8 Å². The largest absolute Gasteiger partial charge is 0.409 e. The van der Waals surface area contributed by atoms with Gasteiger partial charge in [-0.05, 0) is 25.0 Å². The number of benzene rings is 1. The van der Waals surface area contributed by atoms with Crippen LogP contribution in [-0.4, -0.2) is 60.6 Å². The van der Waals surface area contributed by atoms with Crippen LogP contribution in [0.2, 0.25) is 0 Å². The number of ether oxygens (including phenoxy) is 1. The SMILES string of the molecule is NC(=NO)c1cnc(NC(=O)C(=NO[C@@H]2CCOC2)c2ccc(S(=O)(=O)C3CC3)cc2)s1. The third-order valence-corrected chi connectivity index (χ3v) is 8.12. The first-order valence-corrected chi connectivity index (χ1v) is 12.2. The van der Waals surface area contributed by atoms with Gasteiger partial charge in [-0.25, -0.2) is 13.4 Å². The molecule has 2 fully saturated rings. The predicted octanol–water partition coefficient (Wildman–Crippen LogP) is 1.32. The first-order chi connectivity index (χ1) is 15.4. The van der Waals surface area contributed by atoms with Crippen molar-refractivity contribution in [1.29, 1.82) is 0 Å². The molecule has 1 aliphatic heterocycles. The Morgan fingerprint density at radius 3 is 2.66 bits per heavy atom. The summed E-state index contributed by atoms with van der Waals surface area (Å²) >= 11 is 1.01. The van der Waals surface area contributed by atoms with E-state index in [1.165, 1.54) is 30.5 Å². The number of sulfone groups is 1. The molecule has 2 aliphatic rings. The Morgan fingerprint density at radius 2 is 2.03 bits per heavy atom. The van der Waals surface area contributed by atoms with E-state index in [0.717, 1.165) is 11.3 Å². The topological polar surface area (TPSA) is 166 Å². The van der Waals surface area contributed by atoms with Gasteiger partial charge in [0.15, 0.2) is 32.6 Å². The first kappa shape index (κ1) is 22.2. The van der Waals surface area contributed by atoms with E-state index in [4.69, 9.17) is 20.5 Å². The monoisotopic (exact) mass is 479 g/mol. The number of nitrogens with zero attached hydrogens (tertiary/aromatic N) is 3. The molecule has 1 aromatic heterocycles. The van der Waals surface area contributed by atoms with Crippen molar-refractivity contribution in [2.75, 3.05) is 18.5 Å². The number of hydrogen-bond acceptors (Lipinski definition) is 10. The van der Waals surface area contributed by atoms with Crippen molar-refractivity contribution in [3.63, 3.8) is 0 Å². The zero-order valence-corrected chi connectivity index (χ0v) is 18.4. The van der Waals surface area contributed by atoms with Crippen molar-refractivity contribution in [3.05, 3.63) is 40.9 Å². The molecule has 11 nitrogen and oxygen atoms in total. The maximum absolute atomic E-state index is 13.0. The highest BCUT2D eigenvalue weighted by atomic mass is 32.2. The molecule has 32 heavy (non-hydrogen) atoms. The molecule has 13 heteroatoms. The lowest BCUT2D eigenvalue weighted by Gasteiger charge is -2.10. The van der Waals surface area contributed by atoms with Crippen molar-refractivity contribution in [3.8, 4) is 0 Å². The molecule has 1 aromatic carbocycles. The minimum absolute atomic E-state index is 0.0483. The summed E-state index contributed by atoms with van der Waals surface area (Å²) < 4.78 is 30.1. The Bertz CT molecular complexity index is 1150. The van der Waals surface area contributed by atoms with Crippen molar-refractivity contribution in [2.24, 2.45) is 16.0 Å². The molecule has 0 bridgehead atoms. The summed E-state index contributed by atoms with van der Waals surface area (Å²) in [4.78, 5) is 23.0. The fraction of sp³-hybridized carbons (Fsp3) is 0.368. The third-order valence-electron chi connectivity index (χ3n) is 4.90. The molecular weight excluding hydrogens is 458 g/mol. The Kier molecular flexibility index (Phi) is 6.39. The highest BCUT2D eigenvalue weighted by molar-refractivity contribution is 7.92. The highest BCUT2D eigenvalue weighted by Gasteiger charge is 2.36. The van der Waals surface area contributed by atoms with Gasteiger partial charge in [0.25, 0.3) is 5.91 Å². The van der Waals surface area contributed by atoms with Gasteiger partial charge in [-0.1, -0.05) is 33.8 Å². The molecular formula is C19H21N5O6S2. The summed E-state index contributed by atoms with van der Waals surface area (Å²) in [7, 11) is -3.35. The number of nitrogens with one attached hydrogen (secondary N) is 1. The van der Waals surface area contributed by atoms with Crippen molar-refractivity contribution < 1.29 is 28.0 Å². The third kappa shape index (κ3) is 4.89. The Hall–Kier alpha value is -3.03. The van der Waals surface area contributed by atoms with E-state index in [2.05, 4.69) is 20.6 Å². The van der Waals surface area contributed by atoms with Gasteiger partial charge in [-0.3, -0.25) is 10.1 Å². The number of amidine groups is 1. The highest BCUT2D eigenvalue weighted by Crippen LogP contribution is 2.33. The number of nitrogens with two attached hydrogens (primary N) is 1. The van der Waals surface area contributed by atoms with Crippen LogP contribution in [0.4, 0.5) is 5.13 Å². The lowest BCUT2D eigenvalue weighted by molar-refractivity contribution is -0.110. The quantitative estimate of drug-likeness (QED) is 0.221. The maximum atomic E-state index is 13.0. The number of carbonyl (C=O) groups excluding carboxylic acids is 1. The van der Waals surface area contributed by atoms with Crippen LogP contribution in [0.25, 0.3) is 0 Å². The van der Waals surface area contributed by atoms with Crippen LogP contribution in [0.1, 0.15) is 29.7 Å². The van der Waals surface area contributed by atoms with Crippen molar-refractivity contribution in [1.82, 2.24) is 4.98 Å². The molecule has 0 radical (unpaired) electrons. The van der Waals surface area contributed by atoms with E-state index in [0.29, 0.717) is 42.9 Å². The summed E-state index contributed by atoms with van der Waals surface area (Å²) in [5.74, 6) is -0.740. The van der Waals surface area contributed by atoms with Crippen LogP contribution in [0, 0.1) is 0 Å². The number of aromatic nitrogens is 1. The lowest BCUT2D eigenvalue weighted by Crippen LogP contribution is -2.25. The van der Waals surface area contributed by atoms with E-state index in [-0.39, 0.29) is 32.9 Å². The van der Waals surface area contributed by atoms with E-state index >= 15 is 0 Å². The molecule has 1 saturated carbocycles. The summed E-state index contributed by atoms with van der Waals surface area (Å²) in [6.45, 7) is 0.914. The molecule has 2 aromatic rings. The summed E-state index contributed by atoms with van der Waals surface area (Å²) in [5.41, 5.74) is 5.87. The maximum Gasteiger partial charge on any atom is 0.280 e. The molecule has 170 valence electrons. The van der Waals surface area contributed by atoms with Crippen molar-refractivity contribution in [2.45, 2.75) is 35.5 Å². The lowest BCUT2D eigenvalue weighted by atomic mass is 10.1. The number of hydrogen-bond donors (Lipinski definition) is 3. The fourth-order valence-electron chi connectivity index (χ4n) is 2.98. The van der Waals surface area contributed by atoms with Gasteiger partial charge in [0.1, 0.15) is 0 Å². The molecule has 1 aliphatic carbocycles. The summed E-state index contributed by atoms with van der Waals surface area (Å²) in [6.07, 6.45) is 3.05. The van der Waals surface area contributed by atoms with E-state index in [1.807, 2.05) is 0 Å². The standard InChI is InChI=1S/C19H21N5O6S2/c20-17(23-26)15-9-21-19(31-15)22-18(25)16(24-30-12-7-8-29-10-12)11-1-3-13(4-2-11)32(27,28)14-5-6-14/h1-4,9,12,14,26H,5-8,10H2,(H2,20,23)(H,21,22,25)/t12-/m1/s1. The minimum Gasteiger partial charge on any atom is -0.409 e. The van der Waals surface area contributed by atoms with E-state index in [9.17, 15) is 13.2 Å². The van der Waals surface area contributed by atoms with Gasteiger partial charge in [0.2, 0.25) is 0 Å². The Balaban J connectivity index is 1.57. The Labute approximate surface area is 187 Å². The van der Waals surface area contributed by atoms with Gasteiger partial charge >= 0.3 is 0 Å². The number of rotatable bonds is 8. The molecule has 0 spiro atoms. The van der Waals surface area contributed by atoms with Crippen LogP contribution in [0.3, 0.4) is 0 Å². The van der Waals surface area contributed by atoms with Crippen LogP contribution < -0.4 is 11.1 Å². The van der Waals surface area contributed by atoms with Gasteiger partial charge in [0.05, 0.1) is 34.4 Å². The van der Waals surface area contributed by atoms with Gasteiger partial charge in [0, 0.05) is 12.0 Å². The first-order valence-electron chi connectivity index (χ1n) is 9.79. The zero-order chi connectivity index (χ0) is 22.7. The number of oxime groups is 2. The van der Waals surface area contributed by atoms with Crippen LogP contribution in [-0.2, 0) is 24.2 Å². The minimum atomic E-state index is -3.35. The van der Waals surface area contributed by atoms with E-state index in [1.54, 1.807) is 0 Å². The molecule has 4 rings (SSSR count). The smallest absolute Gasteiger partial charge is 0.280 e. The second kappa shape index (κ2) is 9.22. The summed E-state index contributed by atoms with van der Waals surface area (Å²) in [6, 6.07) is 5.96. The summed E-state index contributed by atoms with van der Waals surface area (Å²) in [5, 5.41) is 18.2. The molecule has 2 heterocycles. The molecule has 1 amide bonds. The fourth-order valence-corrected chi connectivity index (χ4v) is 5.34. The second-order valence-electron chi connectivity index (χ2n) is 7.27. The molecule has 1 atom stereocenters. The molecule has 0 unspecified atom stereocenters. The molecule has 1 saturated heterocycles. The second-order valence-corrected chi connectivity index (χ2v) is 10.5. The predicted molar refractivity (Wildman–Crippen MR) is 117 cm³/mol. The van der Waals surface area contributed by atoms with Crippen LogP contribution >= 0.6 is 11.3 Å². The average Bonchev–Trinajstić information content (AvgIpc) is 3.35. The van der Waals surface area contributed by atoms with Crippen LogP contribution in [0.5, 0.6) is 0 Å². The number of thiazole rings is 1. The zero-order valence-electron chi connectivity index (χ0n) is 16.8. The normalized spacial score (nSPS) is 19.7.